The molecule has 0 saturated carbocycles. The molecule has 0 amide bonds. The van der Waals surface area contributed by atoms with Crippen LogP contribution in [0, 0.1) is 6.92 Å². The van der Waals surface area contributed by atoms with Crippen LogP contribution < -0.4 is 10.9 Å². The Balaban J connectivity index is 1.85. The van der Waals surface area contributed by atoms with Gasteiger partial charge in [-0.1, -0.05) is 42.5 Å². The van der Waals surface area contributed by atoms with Crippen LogP contribution in [0.1, 0.15) is 16.8 Å². The van der Waals surface area contributed by atoms with Gasteiger partial charge in [0.1, 0.15) is 0 Å². The molecule has 0 saturated heterocycles. The molecule has 7 nitrogen and oxygen atoms in total. The molecule has 2 aromatic heterocycles. The molecule has 7 heteroatoms. The maximum absolute atomic E-state index is 13.1. The first-order valence-electron chi connectivity index (χ1n) is 8.99. The van der Waals surface area contributed by atoms with Gasteiger partial charge in [0, 0.05) is 24.3 Å². The van der Waals surface area contributed by atoms with Crippen LogP contribution in [0.4, 0.5) is 11.6 Å². The van der Waals surface area contributed by atoms with Crippen molar-refractivity contribution in [3.8, 4) is 0 Å². The topological polar surface area (TPSA) is 84.8 Å². The van der Waals surface area contributed by atoms with E-state index in [1.807, 2.05) is 61.5 Å². The van der Waals surface area contributed by atoms with E-state index in [0.29, 0.717) is 30.2 Å². The van der Waals surface area contributed by atoms with Crippen LogP contribution in [0.5, 0.6) is 0 Å². The summed E-state index contributed by atoms with van der Waals surface area (Å²) in [7, 11) is 1.64. The summed E-state index contributed by atoms with van der Waals surface area (Å²) in [5.74, 6) is 1.23. The number of rotatable bonds is 6. The molecule has 28 heavy (non-hydrogen) atoms. The van der Waals surface area contributed by atoms with E-state index < -0.39 is 0 Å². The maximum Gasteiger partial charge on any atom is 0.275 e. The van der Waals surface area contributed by atoms with E-state index in [9.17, 15) is 4.79 Å². The van der Waals surface area contributed by atoms with E-state index in [0.717, 1.165) is 22.2 Å². The average molecular weight is 375 g/mol. The monoisotopic (exact) mass is 375 g/mol. The van der Waals surface area contributed by atoms with Crippen molar-refractivity contribution in [3.05, 3.63) is 81.8 Å². The van der Waals surface area contributed by atoms with Crippen LogP contribution in [-0.4, -0.2) is 27.1 Å². The first-order chi connectivity index (χ1) is 13.6. The predicted octanol–water partition coefficient (Wildman–Crippen LogP) is 3.37. The number of aromatic nitrogens is 4. The molecule has 2 heterocycles. The molecule has 2 aromatic carbocycles. The Kier molecular flexibility index (Phi) is 4.90. The number of aromatic amines is 1. The van der Waals surface area contributed by atoms with Crippen LogP contribution in [0.15, 0.2) is 59.4 Å². The summed E-state index contributed by atoms with van der Waals surface area (Å²) in [6.07, 6.45) is 0. The lowest BCUT2D eigenvalue weighted by atomic mass is 10.1. The van der Waals surface area contributed by atoms with Crippen LogP contribution in [-0.2, 0) is 17.9 Å². The van der Waals surface area contributed by atoms with Gasteiger partial charge in [-0.05, 0) is 24.1 Å². The largest absolute Gasteiger partial charge is 0.380 e. The number of hydrogen-bond donors (Lipinski definition) is 2. The van der Waals surface area contributed by atoms with Gasteiger partial charge in [0.05, 0.1) is 18.5 Å². The van der Waals surface area contributed by atoms with Gasteiger partial charge in [0.15, 0.2) is 11.6 Å². The van der Waals surface area contributed by atoms with E-state index >= 15 is 0 Å². The van der Waals surface area contributed by atoms with Crippen molar-refractivity contribution in [1.82, 2.24) is 20.0 Å². The molecule has 0 bridgehead atoms. The number of aryl methyl sites for hydroxylation is 1. The number of ether oxygens (including phenoxy) is 1. The minimum Gasteiger partial charge on any atom is -0.380 e. The lowest BCUT2D eigenvalue weighted by molar-refractivity contribution is 0.185. The van der Waals surface area contributed by atoms with E-state index in [1.54, 1.807) is 7.11 Å². The fourth-order valence-corrected chi connectivity index (χ4v) is 3.15. The van der Waals surface area contributed by atoms with Gasteiger partial charge in [-0.25, -0.2) is 4.68 Å². The number of nitrogens with zero attached hydrogens (tertiary/aromatic N) is 3. The lowest BCUT2D eigenvalue weighted by Crippen LogP contribution is -2.25. The Hall–Kier alpha value is -3.45. The highest BCUT2D eigenvalue weighted by molar-refractivity contribution is 5.92. The van der Waals surface area contributed by atoms with E-state index in [2.05, 4.69) is 20.6 Å². The molecule has 0 atom stereocenters. The smallest absolute Gasteiger partial charge is 0.275 e. The summed E-state index contributed by atoms with van der Waals surface area (Å²) >= 11 is 0. The molecule has 0 aliphatic carbocycles. The minimum absolute atomic E-state index is 0.138. The Morgan fingerprint density at radius 3 is 2.61 bits per heavy atom. The molecule has 2 N–H and O–H groups in total. The summed E-state index contributed by atoms with van der Waals surface area (Å²) in [5.41, 5.74) is 2.74. The van der Waals surface area contributed by atoms with E-state index in [1.165, 1.54) is 4.68 Å². The SMILES string of the molecule is COCc1ccc2c(Nc3cc(C)[nH]n3)nn(Cc3ccccc3)c(=O)c2c1. The Morgan fingerprint density at radius 2 is 1.89 bits per heavy atom. The van der Waals surface area contributed by atoms with E-state index in [-0.39, 0.29) is 5.56 Å². The van der Waals surface area contributed by atoms with Gasteiger partial charge in [-0.15, -0.1) is 0 Å². The Bertz CT molecular complexity index is 1160. The summed E-state index contributed by atoms with van der Waals surface area (Å²) < 4.78 is 6.70. The summed E-state index contributed by atoms with van der Waals surface area (Å²) in [6, 6.07) is 17.4. The zero-order valence-electron chi connectivity index (χ0n) is 15.8. The van der Waals surface area contributed by atoms with Gasteiger partial charge in [-0.2, -0.15) is 10.2 Å². The second kappa shape index (κ2) is 7.66. The second-order valence-corrected chi connectivity index (χ2v) is 6.67. The average Bonchev–Trinajstić information content (AvgIpc) is 3.11. The predicted molar refractivity (Wildman–Crippen MR) is 109 cm³/mol. The quantitative estimate of drug-likeness (QED) is 0.540. The molecule has 0 spiro atoms. The molecule has 0 aliphatic heterocycles. The first kappa shape index (κ1) is 17.9. The number of anilines is 2. The van der Waals surface area contributed by atoms with Crippen molar-refractivity contribution in [1.29, 1.82) is 0 Å². The normalized spacial score (nSPS) is 11.1. The number of H-pyrrole nitrogens is 1. The fraction of sp³-hybridized carbons (Fsp3) is 0.190. The minimum atomic E-state index is -0.138. The van der Waals surface area contributed by atoms with Gasteiger partial charge in [0.2, 0.25) is 0 Å². The van der Waals surface area contributed by atoms with Crippen LogP contribution >= 0.6 is 0 Å². The Morgan fingerprint density at radius 1 is 1.07 bits per heavy atom. The number of fused-ring (bicyclic) bond motifs is 1. The van der Waals surface area contributed by atoms with Gasteiger partial charge in [-0.3, -0.25) is 9.89 Å². The third kappa shape index (κ3) is 3.65. The molecule has 4 rings (SSSR count). The number of benzene rings is 2. The zero-order chi connectivity index (χ0) is 19.5. The highest BCUT2D eigenvalue weighted by Crippen LogP contribution is 2.23. The maximum atomic E-state index is 13.1. The van der Waals surface area contributed by atoms with Crippen molar-refractivity contribution in [2.24, 2.45) is 0 Å². The third-order valence-corrected chi connectivity index (χ3v) is 4.46. The van der Waals surface area contributed by atoms with Crippen LogP contribution in [0.3, 0.4) is 0 Å². The first-order valence-corrected chi connectivity index (χ1v) is 8.99. The zero-order valence-corrected chi connectivity index (χ0v) is 15.8. The summed E-state index contributed by atoms with van der Waals surface area (Å²) in [4.78, 5) is 13.1. The molecule has 0 aliphatic rings. The van der Waals surface area contributed by atoms with Crippen molar-refractivity contribution in [2.45, 2.75) is 20.1 Å². The Labute approximate surface area is 162 Å². The van der Waals surface area contributed by atoms with Crippen molar-refractivity contribution >= 4 is 22.4 Å². The molecule has 4 aromatic rings. The fourth-order valence-electron chi connectivity index (χ4n) is 3.15. The van der Waals surface area contributed by atoms with Crippen LogP contribution in [0.2, 0.25) is 0 Å². The number of nitrogens with one attached hydrogen (secondary N) is 2. The highest BCUT2D eigenvalue weighted by Gasteiger charge is 2.13. The van der Waals surface area contributed by atoms with E-state index in [4.69, 9.17) is 4.74 Å². The van der Waals surface area contributed by atoms with Gasteiger partial charge < -0.3 is 10.1 Å². The molecule has 0 fully saturated rings. The molecule has 0 radical (unpaired) electrons. The standard InChI is InChI=1S/C21H21N5O2/c1-14-10-19(24-23-14)22-20-17-9-8-16(13-28-2)11-18(17)21(27)26(25-20)12-15-6-4-3-5-7-15/h3-11H,12-13H2,1-2H3,(H2,22,23,24,25). The number of methoxy groups -OCH3 is 1. The molecule has 0 unspecified atom stereocenters. The van der Waals surface area contributed by atoms with Crippen molar-refractivity contribution < 1.29 is 4.74 Å². The van der Waals surface area contributed by atoms with Crippen molar-refractivity contribution in [2.75, 3.05) is 12.4 Å². The summed E-state index contributed by atoms with van der Waals surface area (Å²) in [5, 5.41) is 16.3. The molecular formula is C21H21N5O2. The van der Waals surface area contributed by atoms with Gasteiger partial charge >= 0.3 is 0 Å². The second-order valence-electron chi connectivity index (χ2n) is 6.67. The molecular weight excluding hydrogens is 354 g/mol. The number of hydrogen-bond acceptors (Lipinski definition) is 5. The van der Waals surface area contributed by atoms with Gasteiger partial charge in [0.25, 0.3) is 5.56 Å². The lowest BCUT2D eigenvalue weighted by Gasteiger charge is -2.12. The highest BCUT2D eigenvalue weighted by atomic mass is 16.5. The third-order valence-electron chi connectivity index (χ3n) is 4.46. The van der Waals surface area contributed by atoms with Crippen LogP contribution in [0.25, 0.3) is 10.8 Å². The molecule has 142 valence electrons. The summed E-state index contributed by atoms with van der Waals surface area (Å²) in [6.45, 7) is 2.76. The van der Waals surface area contributed by atoms with Crippen molar-refractivity contribution in [3.63, 3.8) is 0 Å².